The minimum atomic E-state index is -4.70. The highest BCUT2D eigenvalue weighted by molar-refractivity contribution is 7.81. The molecule has 1 heterocycles. The standard InChI is InChI=1S/C36H54O7S/c1-22(2)9-8-16-36(7)29(38)14-19-34(5)27-12-17-33(4)26(32(27,3)20-15-30(34)42-36)13-18-35(6)28(33)21-23-24(37)10-11-25(31(23)35)43-44(39,40)41/h9-11,26-30,37-38H,8,12-21H2,1-7H3,(H,39,40,41). The van der Waals surface area contributed by atoms with Gasteiger partial charge in [-0.05, 0) is 138 Å². The summed E-state index contributed by atoms with van der Waals surface area (Å²) in [7, 11) is -4.70. The van der Waals surface area contributed by atoms with E-state index in [1.807, 2.05) is 0 Å². The van der Waals surface area contributed by atoms with Crippen molar-refractivity contribution >= 4 is 10.4 Å². The summed E-state index contributed by atoms with van der Waals surface area (Å²) in [6.07, 6.45) is 12.2. The topological polar surface area (TPSA) is 113 Å². The maximum Gasteiger partial charge on any atom is 0.446 e. The van der Waals surface area contributed by atoms with E-state index < -0.39 is 22.1 Å². The minimum Gasteiger partial charge on any atom is -0.508 e. The summed E-state index contributed by atoms with van der Waals surface area (Å²) in [5, 5.41) is 22.4. The molecule has 4 aliphatic carbocycles. The number of hydrogen-bond acceptors (Lipinski definition) is 6. The first kappa shape index (κ1) is 32.3. The molecule has 10 atom stereocenters. The van der Waals surface area contributed by atoms with E-state index in [-0.39, 0.29) is 45.2 Å². The summed E-state index contributed by atoms with van der Waals surface area (Å²) in [6.45, 7) is 16.0. The number of phenolic OH excluding ortho intramolecular Hbond substituents is 1. The van der Waals surface area contributed by atoms with Crippen LogP contribution < -0.4 is 4.18 Å². The third-order valence-electron chi connectivity index (χ3n) is 14.0. The van der Waals surface area contributed by atoms with Crippen molar-refractivity contribution in [1.82, 2.24) is 0 Å². The molecule has 1 aromatic carbocycles. The number of phenols is 1. The van der Waals surface area contributed by atoms with E-state index >= 15 is 0 Å². The van der Waals surface area contributed by atoms with Crippen LogP contribution in [-0.2, 0) is 27.0 Å². The van der Waals surface area contributed by atoms with Gasteiger partial charge < -0.3 is 19.1 Å². The summed E-state index contributed by atoms with van der Waals surface area (Å²) >= 11 is 0. The average Bonchev–Trinajstić information content (AvgIpc) is 3.20. The van der Waals surface area contributed by atoms with Crippen LogP contribution in [0.3, 0.4) is 0 Å². The van der Waals surface area contributed by atoms with Crippen molar-refractivity contribution in [2.24, 2.45) is 34.0 Å². The molecule has 0 bridgehead atoms. The molecule has 0 spiro atoms. The van der Waals surface area contributed by atoms with Crippen LogP contribution in [-0.4, -0.2) is 41.0 Å². The van der Waals surface area contributed by atoms with Gasteiger partial charge in [0.25, 0.3) is 0 Å². The molecule has 7 nitrogen and oxygen atoms in total. The number of fused-ring (bicyclic) bond motifs is 9. The number of aromatic hydroxyl groups is 1. The van der Waals surface area contributed by atoms with Gasteiger partial charge in [-0.1, -0.05) is 39.3 Å². The highest BCUT2D eigenvalue weighted by atomic mass is 32.3. The molecule has 3 saturated carbocycles. The van der Waals surface area contributed by atoms with Crippen LogP contribution in [0.2, 0.25) is 0 Å². The Balaban J connectivity index is 1.31. The lowest BCUT2D eigenvalue weighted by molar-refractivity contribution is -0.236. The second-order valence-corrected chi connectivity index (χ2v) is 17.7. The molecular formula is C36H54O7S. The molecule has 4 fully saturated rings. The number of benzene rings is 1. The van der Waals surface area contributed by atoms with Gasteiger partial charge in [0.05, 0.1) is 17.8 Å². The van der Waals surface area contributed by atoms with E-state index in [2.05, 4.69) is 54.5 Å². The lowest BCUT2D eigenvalue weighted by Gasteiger charge is -2.69. The molecule has 1 aromatic rings. The number of hydrogen-bond donors (Lipinski definition) is 3. The smallest absolute Gasteiger partial charge is 0.446 e. The van der Waals surface area contributed by atoms with Gasteiger partial charge in [0.2, 0.25) is 0 Å². The summed E-state index contributed by atoms with van der Waals surface area (Å²) in [5.41, 5.74) is 1.99. The largest absolute Gasteiger partial charge is 0.508 e. The Bertz CT molecular complexity index is 1450. The first-order chi connectivity index (χ1) is 20.4. The Kier molecular flexibility index (Phi) is 7.68. The van der Waals surface area contributed by atoms with Gasteiger partial charge in [-0.3, -0.25) is 4.55 Å². The normalized spacial score (nSPS) is 44.7. The second-order valence-electron chi connectivity index (χ2n) is 16.7. The van der Waals surface area contributed by atoms with Crippen molar-refractivity contribution in [2.45, 2.75) is 142 Å². The number of rotatable bonds is 5. The number of allylic oxidation sites excluding steroid dienone is 2. The van der Waals surface area contributed by atoms with Crippen LogP contribution in [0.4, 0.5) is 0 Å². The summed E-state index contributed by atoms with van der Waals surface area (Å²) < 4.78 is 45.3. The fraction of sp³-hybridized carbons (Fsp3) is 0.778. The zero-order chi connectivity index (χ0) is 32.1. The van der Waals surface area contributed by atoms with Gasteiger partial charge in [0, 0.05) is 16.5 Å². The minimum absolute atomic E-state index is 0.00771. The molecule has 3 N–H and O–H groups in total. The lowest BCUT2D eigenvalue weighted by atomic mass is 9.36. The van der Waals surface area contributed by atoms with Gasteiger partial charge in [-0.15, -0.1) is 0 Å². The third kappa shape index (κ3) is 4.79. The first-order valence-electron chi connectivity index (χ1n) is 16.9. The Morgan fingerprint density at radius 2 is 1.55 bits per heavy atom. The van der Waals surface area contributed by atoms with Crippen LogP contribution in [0.25, 0.3) is 0 Å². The predicted molar refractivity (Wildman–Crippen MR) is 171 cm³/mol. The van der Waals surface area contributed by atoms with Crippen molar-refractivity contribution in [1.29, 1.82) is 0 Å². The fourth-order valence-electron chi connectivity index (χ4n) is 12.0. The zero-order valence-electron chi connectivity index (χ0n) is 27.8. The maximum atomic E-state index is 11.8. The average molecular weight is 631 g/mol. The zero-order valence-corrected chi connectivity index (χ0v) is 28.6. The van der Waals surface area contributed by atoms with E-state index in [1.54, 1.807) is 0 Å². The molecule has 1 aliphatic heterocycles. The third-order valence-corrected chi connectivity index (χ3v) is 14.4. The van der Waals surface area contributed by atoms with Crippen LogP contribution in [0, 0.1) is 34.0 Å². The van der Waals surface area contributed by atoms with Crippen molar-refractivity contribution in [3.05, 3.63) is 34.9 Å². The van der Waals surface area contributed by atoms with Crippen LogP contribution in [0.15, 0.2) is 23.8 Å². The number of aliphatic hydroxyl groups is 1. The van der Waals surface area contributed by atoms with Crippen molar-refractivity contribution in [3.63, 3.8) is 0 Å². The Morgan fingerprint density at radius 3 is 2.23 bits per heavy atom. The number of aliphatic hydroxyl groups excluding tert-OH is 1. The molecule has 0 radical (unpaired) electrons. The second kappa shape index (κ2) is 10.4. The van der Waals surface area contributed by atoms with Gasteiger partial charge in [0.1, 0.15) is 11.5 Å². The van der Waals surface area contributed by atoms with Crippen LogP contribution in [0.1, 0.15) is 124 Å². The van der Waals surface area contributed by atoms with Gasteiger partial charge in [-0.25, -0.2) is 0 Å². The van der Waals surface area contributed by atoms with Gasteiger partial charge in [0.15, 0.2) is 0 Å². The Hall–Kier alpha value is -1.61. The molecule has 1 saturated heterocycles. The molecular weight excluding hydrogens is 576 g/mol. The fourth-order valence-corrected chi connectivity index (χ4v) is 12.3. The molecule has 6 rings (SSSR count). The first-order valence-corrected chi connectivity index (χ1v) is 18.3. The van der Waals surface area contributed by atoms with Crippen LogP contribution in [0.5, 0.6) is 11.5 Å². The maximum absolute atomic E-state index is 11.8. The van der Waals surface area contributed by atoms with Crippen molar-refractivity contribution in [3.8, 4) is 11.5 Å². The summed E-state index contributed by atoms with van der Waals surface area (Å²) in [6, 6.07) is 2.98. The van der Waals surface area contributed by atoms with E-state index in [0.29, 0.717) is 18.3 Å². The van der Waals surface area contributed by atoms with E-state index in [1.165, 1.54) is 17.7 Å². The molecule has 44 heavy (non-hydrogen) atoms. The van der Waals surface area contributed by atoms with Gasteiger partial charge >= 0.3 is 10.4 Å². The van der Waals surface area contributed by atoms with E-state index in [4.69, 9.17) is 8.92 Å². The van der Waals surface area contributed by atoms with Gasteiger partial charge in [-0.2, -0.15) is 8.42 Å². The Labute approximate surface area is 264 Å². The highest BCUT2D eigenvalue weighted by Crippen LogP contribution is 2.74. The van der Waals surface area contributed by atoms with E-state index in [9.17, 15) is 23.2 Å². The Morgan fingerprint density at radius 1 is 0.932 bits per heavy atom. The highest BCUT2D eigenvalue weighted by Gasteiger charge is 2.68. The van der Waals surface area contributed by atoms with Crippen molar-refractivity contribution in [2.75, 3.05) is 0 Å². The van der Waals surface area contributed by atoms with E-state index in [0.717, 1.165) is 75.3 Å². The van der Waals surface area contributed by atoms with Crippen LogP contribution >= 0.6 is 0 Å². The molecule has 10 unspecified atom stereocenters. The SMILES string of the molecule is CC(C)=CCCC1(C)OC2CCC3(C)C(CCC4(C)C5Cc6c(O)ccc(OS(=O)(=O)O)c6C5(C)CCC43)C2(C)CCC1O. The summed E-state index contributed by atoms with van der Waals surface area (Å²) in [5.74, 6) is 1.49. The molecule has 0 aromatic heterocycles. The summed E-state index contributed by atoms with van der Waals surface area (Å²) in [4.78, 5) is 0. The lowest BCUT2D eigenvalue weighted by Crippen LogP contribution is -2.64. The monoisotopic (exact) mass is 630 g/mol. The predicted octanol–water partition coefficient (Wildman–Crippen LogP) is 7.68. The van der Waals surface area contributed by atoms with Crippen molar-refractivity contribution < 1.29 is 32.1 Å². The molecule has 5 aliphatic rings. The molecule has 8 heteroatoms. The molecule has 246 valence electrons. The number of ether oxygens (including phenoxy) is 1. The molecule has 0 amide bonds. The quantitative estimate of drug-likeness (QED) is 0.226.